The van der Waals surface area contributed by atoms with Crippen molar-refractivity contribution in [3.8, 4) is 22.5 Å². The molecule has 1 aromatic carbocycles. The van der Waals surface area contributed by atoms with Gasteiger partial charge in [0.05, 0.1) is 16.9 Å². The predicted molar refractivity (Wildman–Crippen MR) is 119 cm³/mol. The normalized spacial score (nSPS) is 14.5. The zero-order chi connectivity index (χ0) is 22.0. The van der Waals surface area contributed by atoms with Crippen molar-refractivity contribution >= 4 is 23.3 Å². The second-order valence-electron chi connectivity index (χ2n) is 7.78. The quantitative estimate of drug-likeness (QED) is 0.606. The summed E-state index contributed by atoms with van der Waals surface area (Å²) in [5.74, 6) is 0.616. The summed E-state index contributed by atoms with van der Waals surface area (Å²) < 4.78 is 13.4. The van der Waals surface area contributed by atoms with Gasteiger partial charge in [0.25, 0.3) is 0 Å². The van der Waals surface area contributed by atoms with Gasteiger partial charge in [-0.05, 0) is 43.2 Å². The molecule has 4 rings (SSSR count). The van der Waals surface area contributed by atoms with Crippen LogP contribution in [0.3, 0.4) is 0 Å². The molecule has 0 saturated carbocycles. The van der Waals surface area contributed by atoms with Crippen molar-refractivity contribution in [3.63, 3.8) is 0 Å². The number of pyridine rings is 1. The van der Waals surface area contributed by atoms with E-state index >= 15 is 0 Å². The molecule has 1 fully saturated rings. The topological polar surface area (TPSA) is 62.2 Å². The third kappa shape index (κ3) is 4.51. The second-order valence-corrected chi connectivity index (χ2v) is 8.19. The first-order valence-electron chi connectivity index (χ1n) is 10.1. The molecule has 0 unspecified atom stereocenters. The number of aromatic nitrogens is 3. The highest BCUT2D eigenvalue weighted by atomic mass is 35.5. The molecule has 6 nitrogen and oxygen atoms in total. The van der Waals surface area contributed by atoms with E-state index in [1.807, 2.05) is 0 Å². The van der Waals surface area contributed by atoms with Crippen LogP contribution in [0.2, 0.25) is 5.02 Å². The summed E-state index contributed by atoms with van der Waals surface area (Å²) in [6, 6.07) is 7.95. The van der Waals surface area contributed by atoms with Crippen LogP contribution in [0.4, 0.5) is 10.2 Å². The number of carbonyl (C=O) groups is 1. The van der Waals surface area contributed by atoms with E-state index in [2.05, 4.69) is 14.9 Å². The molecule has 1 amide bonds. The van der Waals surface area contributed by atoms with Crippen molar-refractivity contribution in [1.82, 2.24) is 19.9 Å². The van der Waals surface area contributed by atoms with Gasteiger partial charge in [0.1, 0.15) is 17.3 Å². The van der Waals surface area contributed by atoms with Crippen LogP contribution in [0.25, 0.3) is 22.5 Å². The number of halogens is 2. The summed E-state index contributed by atoms with van der Waals surface area (Å²) in [6.07, 6.45) is 6.49. The van der Waals surface area contributed by atoms with Gasteiger partial charge in [0.15, 0.2) is 0 Å². The van der Waals surface area contributed by atoms with Crippen LogP contribution in [-0.2, 0) is 4.79 Å². The van der Waals surface area contributed by atoms with E-state index in [1.54, 1.807) is 55.8 Å². The van der Waals surface area contributed by atoms with Gasteiger partial charge in [-0.15, -0.1) is 0 Å². The van der Waals surface area contributed by atoms with E-state index in [4.69, 9.17) is 16.6 Å². The Balaban J connectivity index is 1.69. The van der Waals surface area contributed by atoms with Gasteiger partial charge >= 0.3 is 0 Å². The molecule has 2 aromatic heterocycles. The van der Waals surface area contributed by atoms with Crippen LogP contribution in [0.1, 0.15) is 12.8 Å². The minimum atomic E-state index is -0.313. The highest BCUT2D eigenvalue weighted by Gasteiger charge is 2.27. The van der Waals surface area contributed by atoms with Crippen molar-refractivity contribution in [2.75, 3.05) is 32.1 Å². The minimum Gasteiger partial charge on any atom is -0.355 e. The average Bonchev–Trinajstić information content (AvgIpc) is 2.79. The first-order chi connectivity index (χ1) is 14.9. The van der Waals surface area contributed by atoms with Crippen molar-refractivity contribution in [1.29, 1.82) is 0 Å². The molecule has 3 aromatic rings. The monoisotopic (exact) mass is 439 g/mol. The number of piperidine rings is 1. The number of nitrogens with zero attached hydrogens (tertiary/aromatic N) is 5. The Hall–Kier alpha value is -3.06. The molecule has 0 atom stereocenters. The zero-order valence-corrected chi connectivity index (χ0v) is 18.2. The molecule has 31 heavy (non-hydrogen) atoms. The number of hydrogen-bond donors (Lipinski definition) is 0. The fourth-order valence-electron chi connectivity index (χ4n) is 3.83. The van der Waals surface area contributed by atoms with Crippen molar-refractivity contribution < 1.29 is 9.18 Å². The van der Waals surface area contributed by atoms with Crippen molar-refractivity contribution in [2.24, 2.45) is 5.92 Å². The average molecular weight is 440 g/mol. The summed E-state index contributed by atoms with van der Waals surface area (Å²) in [4.78, 5) is 29.7. The number of anilines is 1. The molecule has 0 N–H and O–H groups in total. The molecule has 0 spiro atoms. The van der Waals surface area contributed by atoms with Gasteiger partial charge in [-0.1, -0.05) is 11.6 Å². The molecule has 0 aliphatic carbocycles. The van der Waals surface area contributed by atoms with Gasteiger partial charge in [-0.2, -0.15) is 0 Å². The summed E-state index contributed by atoms with van der Waals surface area (Å²) in [7, 11) is 3.58. The number of amides is 1. The van der Waals surface area contributed by atoms with Crippen molar-refractivity contribution in [3.05, 3.63) is 59.8 Å². The van der Waals surface area contributed by atoms with E-state index < -0.39 is 0 Å². The van der Waals surface area contributed by atoms with Crippen LogP contribution in [0.5, 0.6) is 0 Å². The summed E-state index contributed by atoms with van der Waals surface area (Å²) in [5.41, 5.74) is 2.69. The number of hydrogen-bond acceptors (Lipinski definition) is 5. The lowest BCUT2D eigenvalue weighted by Crippen LogP contribution is -2.40. The van der Waals surface area contributed by atoms with Gasteiger partial charge in [0.2, 0.25) is 5.91 Å². The molecule has 3 heterocycles. The highest BCUT2D eigenvalue weighted by Crippen LogP contribution is 2.35. The third-order valence-electron chi connectivity index (χ3n) is 5.51. The van der Waals surface area contributed by atoms with E-state index in [0.717, 1.165) is 37.3 Å². The molecule has 0 bridgehead atoms. The van der Waals surface area contributed by atoms with E-state index in [1.165, 1.54) is 12.1 Å². The molecular weight excluding hydrogens is 417 g/mol. The Labute approximate surface area is 185 Å². The predicted octanol–water partition coefficient (Wildman–Crippen LogP) is 4.30. The van der Waals surface area contributed by atoms with Crippen LogP contribution >= 0.6 is 11.6 Å². The maximum absolute atomic E-state index is 13.4. The second kappa shape index (κ2) is 8.98. The smallest absolute Gasteiger partial charge is 0.225 e. The van der Waals surface area contributed by atoms with Crippen LogP contribution < -0.4 is 4.90 Å². The van der Waals surface area contributed by atoms with Crippen LogP contribution in [0.15, 0.2) is 48.9 Å². The summed E-state index contributed by atoms with van der Waals surface area (Å²) >= 11 is 6.42. The Morgan fingerprint density at radius 3 is 2.45 bits per heavy atom. The third-order valence-corrected chi connectivity index (χ3v) is 5.82. The van der Waals surface area contributed by atoms with Crippen molar-refractivity contribution in [2.45, 2.75) is 12.8 Å². The van der Waals surface area contributed by atoms with Gasteiger partial charge in [-0.25, -0.2) is 9.37 Å². The molecule has 0 radical (unpaired) electrons. The largest absolute Gasteiger partial charge is 0.355 e. The van der Waals surface area contributed by atoms with Gasteiger partial charge in [-0.3, -0.25) is 14.8 Å². The fraction of sp³-hybridized carbons (Fsp3) is 0.304. The van der Waals surface area contributed by atoms with E-state index in [9.17, 15) is 9.18 Å². The van der Waals surface area contributed by atoms with Crippen LogP contribution in [-0.4, -0.2) is 52.9 Å². The number of carbonyl (C=O) groups excluding carboxylic acids is 1. The SMILES string of the molecule is CN(C)C(=O)C1CCN(c2cnc(-c3ccc(F)cc3)c(-c3ccncc3Cl)n2)CC1. The Kier molecular flexibility index (Phi) is 6.13. The maximum atomic E-state index is 13.4. The Morgan fingerprint density at radius 1 is 1.10 bits per heavy atom. The maximum Gasteiger partial charge on any atom is 0.225 e. The molecule has 1 saturated heterocycles. The standard InChI is InChI=1S/C23H23ClFN5O/c1-29(2)23(31)16-8-11-30(12-9-16)20-14-27-21(15-3-5-17(25)6-4-15)22(28-20)18-7-10-26-13-19(18)24/h3-7,10,13-14,16H,8-9,11-12H2,1-2H3. The number of rotatable bonds is 4. The van der Waals surface area contributed by atoms with Gasteiger partial charge < -0.3 is 9.80 Å². The van der Waals surface area contributed by atoms with E-state index in [-0.39, 0.29) is 17.6 Å². The number of benzene rings is 1. The molecule has 1 aliphatic heterocycles. The minimum absolute atomic E-state index is 0.0341. The molecule has 160 valence electrons. The first kappa shape index (κ1) is 21.2. The lowest BCUT2D eigenvalue weighted by molar-refractivity contribution is -0.133. The van der Waals surface area contributed by atoms with Crippen LogP contribution in [0, 0.1) is 11.7 Å². The lowest BCUT2D eigenvalue weighted by Gasteiger charge is -2.33. The molecule has 8 heteroatoms. The van der Waals surface area contributed by atoms with Gasteiger partial charge in [0, 0.05) is 56.6 Å². The Bertz CT molecular complexity index is 1080. The van der Waals surface area contributed by atoms with E-state index in [0.29, 0.717) is 22.0 Å². The Morgan fingerprint density at radius 2 is 1.81 bits per heavy atom. The molecule has 1 aliphatic rings. The zero-order valence-electron chi connectivity index (χ0n) is 17.4. The summed E-state index contributed by atoms with van der Waals surface area (Å²) in [5, 5.41) is 0.465. The fourth-order valence-corrected chi connectivity index (χ4v) is 4.04. The lowest BCUT2D eigenvalue weighted by atomic mass is 9.95. The first-order valence-corrected chi connectivity index (χ1v) is 10.5. The summed E-state index contributed by atoms with van der Waals surface area (Å²) in [6.45, 7) is 1.44. The highest BCUT2D eigenvalue weighted by molar-refractivity contribution is 6.33. The molecular formula is C23H23ClFN5O.